The van der Waals surface area contributed by atoms with E-state index in [4.69, 9.17) is 0 Å². The number of aromatic nitrogens is 1. The van der Waals surface area contributed by atoms with Crippen LogP contribution < -0.4 is 5.32 Å². The summed E-state index contributed by atoms with van der Waals surface area (Å²) in [6.07, 6.45) is 0.753. The van der Waals surface area contributed by atoms with Crippen LogP contribution in [0.25, 0.3) is 0 Å². The fourth-order valence-electron chi connectivity index (χ4n) is 2.57. The molecule has 8 nitrogen and oxygen atoms in total. The summed E-state index contributed by atoms with van der Waals surface area (Å²) in [4.78, 5) is 28.4. The van der Waals surface area contributed by atoms with Gasteiger partial charge >= 0.3 is 0 Å². The molecule has 1 fully saturated rings. The maximum absolute atomic E-state index is 12.2. The zero-order chi connectivity index (χ0) is 16.6. The number of thiazole rings is 1. The molecule has 0 saturated carbocycles. The summed E-state index contributed by atoms with van der Waals surface area (Å²) < 4.78 is 23.2. The smallest absolute Gasteiger partial charge is 0.273 e. The molecule has 0 aromatic carbocycles. The summed E-state index contributed by atoms with van der Waals surface area (Å²) in [6.45, 7) is 1.82. The van der Waals surface area contributed by atoms with E-state index in [9.17, 15) is 18.0 Å². The highest BCUT2D eigenvalue weighted by molar-refractivity contribution is 7.91. The summed E-state index contributed by atoms with van der Waals surface area (Å²) in [5, 5.41) is 10.2. The first kappa shape index (κ1) is 16.1. The van der Waals surface area contributed by atoms with Gasteiger partial charge in [-0.25, -0.2) is 18.4 Å². The van der Waals surface area contributed by atoms with E-state index >= 15 is 0 Å². The van der Waals surface area contributed by atoms with Crippen molar-refractivity contribution in [2.24, 2.45) is 5.10 Å². The standard InChI is InChI=1S/C13H16N4O4S2/c1-8-6-22-13(14-8)15-12(19)10-2-3-11(18)17(16-10)9-4-5-23(20,21)7-9/h6,9H,2-5,7H2,1H3,(H,14,15,19)/t9-/m0/s1. The normalized spacial score (nSPS) is 23.7. The molecular weight excluding hydrogens is 340 g/mol. The predicted octanol–water partition coefficient (Wildman–Crippen LogP) is 0.556. The van der Waals surface area contributed by atoms with Gasteiger partial charge in [-0.3, -0.25) is 14.9 Å². The fraction of sp³-hybridized carbons (Fsp3) is 0.538. The zero-order valence-electron chi connectivity index (χ0n) is 12.5. The Morgan fingerprint density at radius 3 is 2.83 bits per heavy atom. The number of hydrogen-bond donors (Lipinski definition) is 1. The number of rotatable bonds is 3. The van der Waals surface area contributed by atoms with Crippen LogP contribution in [0.3, 0.4) is 0 Å². The highest BCUT2D eigenvalue weighted by Gasteiger charge is 2.37. The van der Waals surface area contributed by atoms with E-state index < -0.39 is 21.8 Å². The molecular formula is C13H16N4O4S2. The molecule has 124 valence electrons. The number of anilines is 1. The molecule has 10 heteroatoms. The number of carbonyl (C=O) groups excluding carboxylic acids is 2. The third kappa shape index (κ3) is 3.58. The Hall–Kier alpha value is -1.81. The number of amides is 2. The maximum Gasteiger partial charge on any atom is 0.273 e. The second-order valence-electron chi connectivity index (χ2n) is 5.59. The second kappa shape index (κ2) is 6.00. The van der Waals surface area contributed by atoms with Crippen LogP contribution in [0.4, 0.5) is 5.13 Å². The molecule has 2 aliphatic heterocycles. The van der Waals surface area contributed by atoms with Crippen molar-refractivity contribution in [2.75, 3.05) is 16.8 Å². The quantitative estimate of drug-likeness (QED) is 0.851. The number of aryl methyl sites for hydroxylation is 1. The van der Waals surface area contributed by atoms with Crippen molar-refractivity contribution in [1.82, 2.24) is 9.99 Å². The molecule has 1 aromatic heterocycles. The van der Waals surface area contributed by atoms with Crippen LogP contribution in [0.1, 0.15) is 25.0 Å². The van der Waals surface area contributed by atoms with Gasteiger partial charge in [-0.05, 0) is 13.3 Å². The number of carbonyl (C=O) groups is 2. The average Bonchev–Trinajstić information content (AvgIpc) is 3.05. The van der Waals surface area contributed by atoms with Crippen molar-refractivity contribution in [1.29, 1.82) is 0 Å². The number of hydrazone groups is 1. The summed E-state index contributed by atoms with van der Waals surface area (Å²) >= 11 is 1.31. The first-order chi connectivity index (χ1) is 10.8. The van der Waals surface area contributed by atoms with Crippen molar-refractivity contribution in [3.05, 3.63) is 11.1 Å². The Morgan fingerprint density at radius 1 is 1.43 bits per heavy atom. The maximum atomic E-state index is 12.2. The van der Waals surface area contributed by atoms with Gasteiger partial charge in [-0.15, -0.1) is 11.3 Å². The molecule has 0 aliphatic carbocycles. The van der Waals surface area contributed by atoms with Gasteiger partial charge in [0.2, 0.25) is 5.91 Å². The minimum absolute atomic E-state index is 0.0525. The Labute approximate surface area is 137 Å². The average molecular weight is 356 g/mol. The third-order valence-electron chi connectivity index (χ3n) is 3.72. The first-order valence-corrected chi connectivity index (χ1v) is 9.87. The lowest BCUT2D eigenvalue weighted by atomic mass is 10.1. The van der Waals surface area contributed by atoms with Gasteiger partial charge in [0.15, 0.2) is 15.0 Å². The molecule has 1 aromatic rings. The molecule has 2 amide bonds. The van der Waals surface area contributed by atoms with E-state index in [1.54, 1.807) is 0 Å². The highest BCUT2D eigenvalue weighted by atomic mass is 32.2. The van der Waals surface area contributed by atoms with Crippen molar-refractivity contribution in [3.8, 4) is 0 Å². The molecule has 3 heterocycles. The first-order valence-electron chi connectivity index (χ1n) is 7.17. The number of sulfone groups is 1. The lowest BCUT2D eigenvalue weighted by Gasteiger charge is -2.27. The number of hydrogen-bond acceptors (Lipinski definition) is 7. The van der Waals surface area contributed by atoms with Crippen LogP contribution in [0.5, 0.6) is 0 Å². The third-order valence-corrected chi connectivity index (χ3v) is 6.34. The summed E-state index contributed by atoms with van der Waals surface area (Å²) in [5.41, 5.74) is 1.03. The Bertz CT molecular complexity index is 784. The Kier molecular flexibility index (Phi) is 4.19. The van der Waals surface area contributed by atoms with Gasteiger partial charge < -0.3 is 0 Å². The van der Waals surface area contributed by atoms with Gasteiger partial charge in [0.25, 0.3) is 5.91 Å². The minimum atomic E-state index is -3.12. The van der Waals surface area contributed by atoms with Crippen LogP contribution in [-0.4, -0.2) is 53.5 Å². The Morgan fingerprint density at radius 2 is 2.22 bits per heavy atom. The largest absolute Gasteiger partial charge is 0.297 e. The molecule has 1 atom stereocenters. The molecule has 2 aliphatic rings. The number of nitrogens with zero attached hydrogens (tertiary/aromatic N) is 3. The summed E-state index contributed by atoms with van der Waals surface area (Å²) in [5.74, 6) is -0.689. The minimum Gasteiger partial charge on any atom is -0.297 e. The van der Waals surface area contributed by atoms with E-state index in [1.807, 2.05) is 12.3 Å². The van der Waals surface area contributed by atoms with Crippen LogP contribution in [-0.2, 0) is 19.4 Å². The molecule has 1 N–H and O–H groups in total. The van der Waals surface area contributed by atoms with E-state index in [1.165, 1.54) is 16.3 Å². The van der Waals surface area contributed by atoms with Gasteiger partial charge in [0.05, 0.1) is 23.2 Å². The van der Waals surface area contributed by atoms with Crippen molar-refractivity contribution in [2.45, 2.75) is 32.2 Å². The molecule has 3 rings (SSSR count). The van der Waals surface area contributed by atoms with Crippen molar-refractivity contribution in [3.63, 3.8) is 0 Å². The van der Waals surface area contributed by atoms with E-state index in [2.05, 4.69) is 15.4 Å². The topological polar surface area (TPSA) is 109 Å². The van der Waals surface area contributed by atoms with Gasteiger partial charge in [-0.2, -0.15) is 5.10 Å². The SMILES string of the molecule is Cc1csc(NC(=O)C2=NN([C@H]3CCS(=O)(=O)C3)C(=O)CC2)n1. The van der Waals surface area contributed by atoms with Gasteiger partial charge in [0, 0.05) is 18.2 Å². The lowest BCUT2D eigenvalue weighted by Crippen LogP contribution is -2.42. The fourth-order valence-corrected chi connectivity index (χ4v) is 4.94. The molecule has 0 spiro atoms. The predicted molar refractivity (Wildman–Crippen MR) is 86.1 cm³/mol. The van der Waals surface area contributed by atoms with Crippen molar-refractivity contribution >= 4 is 43.8 Å². The molecule has 0 radical (unpaired) electrons. The van der Waals surface area contributed by atoms with Crippen LogP contribution in [0.15, 0.2) is 10.5 Å². The molecule has 23 heavy (non-hydrogen) atoms. The summed E-state index contributed by atoms with van der Waals surface area (Å²) in [7, 11) is -3.12. The molecule has 1 saturated heterocycles. The zero-order valence-corrected chi connectivity index (χ0v) is 14.1. The molecule has 0 unspecified atom stereocenters. The summed E-state index contributed by atoms with van der Waals surface area (Å²) in [6, 6.07) is -0.474. The highest BCUT2D eigenvalue weighted by Crippen LogP contribution is 2.23. The van der Waals surface area contributed by atoms with E-state index in [-0.39, 0.29) is 36.0 Å². The second-order valence-corrected chi connectivity index (χ2v) is 8.68. The van der Waals surface area contributed by atoms with Gasteiger partial charge in [-0.1, -0.05) is 0 Å². The molecule has 0 bridgehead atoms. The van der Waals surface area contributed by atoms with Crippen LogP contribution >= 0.6 is 11.3 Å². The van der Waals surface area contributed by atoms with Crippen LogP contribution in [0.2, 0.25) is 0 Å². The van der Waals surface area contributed by atoms with Crippen molar-refractivity contribution < 1.29 is 18.0 Å². The number of nitrogens with one attached hydrogen (secondary N) is 1. The monoisotopic (exact) mass is 356 g/mol. The van der Waals surface area contributed by atoms with Crippen LogP contribution in [0, 0.1) is 6.92 Å². The Balaban J connectivity index is 1.75. The van der Waals surface area contributed by atoms with E-state index in [0.717, 1.165) is 5.69 Å². The van der Waals surface area contributed by atoms with Gasteiger partial charge in [0.1, 0.15) is 5.71 Å². The van der Waals surface area contributed by atoms with E-state index in [0.29, 0.717) is 11.6 Å². The lowest BCUT2D eigenvalue weighted by molar-refractivity contribution is -0.133.